The molecular weight excluding hydrogens is 466 g/mol. The Kier molecular flexibility index (Phi) is 7.26. The van der Waals surface area contributed by atoms with E-state index in [1.54, 1.807) is 43.4 Å². The number of amides is 2. The van der Waals surface area contributed by atoms with Gasteiger partial charge in [0.2, 0.25) is 0 Å². The molecule has 9 heteroatoms. The number of hydrogen-bond acceptors (Lipinski definition) is 7. The number of aromatic nitrogens is 1. The number of thiazole rings is 1. The van der Waals surface area contributed by atoms with Crippen molar-refractivity contribution in [1.82, 2.24) is 10.3 Å². The lowest BCUT2D eigenvalue weighted by Crippen LogP contribution is -2.45. The molecule has 35 heavy (non-hydrogen) atoms. The fourth-order valence-corrected chi connectivity index (χ4v) is 4.46. The first kappa shape index (κ1) is 24.2. The molecule has 0 spiro atoms. The third-order valence-corrected chi connectivity index (χ3v) is 6.32. The van der Waals surface area contributed by atoms with Crippen LogP contribution < -0.4 is 10.6 Å². The average molecular weight is 492 g/mol. The number of esters is 1. The summed E-state index contributed by atoms with van der Waals surface area (Å²) in [5.41, 5.74) is 3.65. The molecule has 2 heterocycles. The van der Waals surface area contributed by atoms with E-state index in [-0.39, 0.29) is 11.7 Å². The van der Waals surface area contributed by atoms with Gasteiger partial charge in [-0.3, -0.25) is 9.59 Å². The number of fused-ring (bicyclic) bond motifs is 1. The fraction of sp³-hybridized carbons (Fsp3) is 0.231. The normalized spacial score (nSPS) is 11.9. The largest absolute Gasteiger partial charge is 0.459 e. The smallest absolute Gasteiger partial charge is 0.329 e. The molecule has 1 unspecified atom stereocenters. The third-order valence-electron chi connectivity index (χ3n) is 5.26. The van der Waals surface area contributed by atoms with Gasteiger partial charge < -0.3 is 19.8 Å². The van der Waals surface area contributed by atoms with Gasteiger partial charge >= 0.3 is 5.97 Å². The van der Waals surface area contributed by atoms with Crippen LogP contribution in [0.3, 0.4) is 0 Å². The topological polar surface area (TPSA) is 111 Å². The maximum atomic E-state index is 12.5. The summed E-state index contributed by atoms with van der Waals surface area (Å²) in [6.45, 7) is 5.11. The van der Waals surface area contributed by atoms with Crippen molar-refractivity contribution in [2.45, 2.75) is 26.8 Å². The second-order valence-electron chi connectivity index (χ2n) is 8.40. The maximum Gasteiger partial charge on any atom is 0.329 e. The van der Waals surface area contributed by atoms with Gasteiger partial charge in [0.1, 0.15) is 11.0 Å². The molecular formula is C26H25N3O5S. The van der Waals surface area contributed by atoms with E-state index in [0.29, 0.717) is 5.69 Å². The number of aryl methyl sites for hydroxylation is 1. The van der Waals surface area contributed by atoms with Crippen LogP contribution in [0.2, 0.25) is 0 Å². The minimum Gasteiger partial charge on any atom is -0.459 e. The highest BCUT2D eigenvalue weighted by atomic mass is 32.1. The number of rotatable bonds is 8. The number of furan rings is 1. The zero-order valence-corrected chi connectivity index (χ0v) is 20.3. The van der Waals surface area contributed by atoms with Crippen molar-refractivity contribution in [2.75, 3.05) is 11.9 Å². The third kappa shape index (κ3) is 5.93. The molecule has 0 saturated heterocycles. The van der Waals surface area contributed by atoms with Crippen LogP contribution in [-0.4, -0.2) is 35.4 Å². The van der Waals surface area contributed by atoms with Crippen molar-refractivity contribution in [3.05, 3.63) is 72.2 Å². The van der Waals surface area contributed by atoms with Gasteiger partial charge in [0.15, 0.2) is 12.4 Å². The van der Waals surface area contributed by atoms with Crippen molar-refractivity contribution in [1.29, 1.82) is 0 Å². The second kappa shape index (κ2) is 10.5. The Hall–Kier alpha value is -3.98. The van der Waals surface area contributed by atoms with Gasteiger partial charge in [-0.25, -0.2) is 9.78 Å². The van der Waals surface area contributed by atoms with Crippen LogP contribution in [0.15, 0.2) is 65.3 Å². The van der Waals surface area contributed by atoms with Gasteiger partial charge in [-0.05, 0) is 66.9 Å². The molecule has 2 aromatic heterocycles. The van der Waals surface area contributed by atoms with Crippen LogP contribution in [0.4, 0.5) is 5.69 Å². The van der Waals surface area contributed by atoms with Gasteiger partial charge in [0.05, 0.1) is 16.5 Å². The van der Waals surface area contributed by atoms with Crippen molar-refractivity contribution in [3.63, 3.8) is 0 Å². The first-order chi connectivity index (χ1) is 16.8. The number of nitrogens with zero attached hydrogens (tertiary/aromatic N) is 1. The Morgan fingerprint density at radius 1 is 1.09 bits per heavy atom. The van der Waals surface area contributed by atoms with E-state index in [1.165, 1.54) is 17.9 Å². The van der Waals surface area contributed by atoms with Crippen molar-refractivity contribution >= 4 is 45.0 Å². The molecule has 4 rings (SSSR count). The predicted molar refractivity (Wildman–Crippen MR) is 134 cm³/mol. The monoisotopic (exact) mass is 491 g/mol. The Balaban J connectivity index is 1.32. The van der Waals surface area contributed by atoms with Gasteiger partial charge in [-0.2, -0.15) is 0 Å². The number of carbonyl (C=O) groups excluding carboxylic acids is 3. The Bertz CT molecular complexity index is 1340. The molecule has 0 aliphatic heterocycles. The molecule has 1 atom stereocenters. The lowest BCUT2D eigenvalue weighted by atomic mass is 10.0. The Morgan fingerprint density at radius 3 is 2.54 bits per heavy atom. The summed E-state index contributed by atoms with van der Waals surface area (Å²) < 4.78 is 11.3. The van der Waals surface area contributed by atoms with Crippen LogP contribution in [0.25, 0.3) is 20.8 Å². The molecule has 2 amide bonds. The van der Waals surface area contributed by atoms with E-state index in [0.717, 1.165) is 20.8 Å². The van der Waals surface area contributed by atoms with Gasteiger partial charge in [0, 0.05) is 11.3 Å². The Labute approximate surface area is 206 Å². The van der Waals surface area contributed by atoms with E-state index >= 15 is 0 Å². The van der Waals surface area contributed by atoms with Crippen LogP contribution in [-0.2, 0) is 14.3 Å². The van der Waals surface area contributed by atoms with Gasteiger partial charge in [-0.15, -0.1) is 11.3 Å². The minimum atomic E-state index is -0.919. The molecule has 4 aromatic rings. The van der Waals surface area contributed by atoms with E-state index in [1.807, 2.05) is 31.2 Å². The van der Waals surface area contributed by atoms with E-state index < -0.39 is 30.4 Å². The number of carbonyl (C=O) groups is 3. The highest BCUT2D eigenvalue weighted by Gasteiger charge is 2.27. The van der Waals surface area contributed by atoms with Crippen LogP contribution in [0.1, 0.15) is 30.0 Å². The SMILES string of the molecule is Cc1ccc2nc(-c3ccc(NC(=O)COC(=O)C(NC(=O)c4ccco4)C(C)C)cc3)sc2c1. The van der Waals surface area contributed by atoms with E-state index in [9.17, 15) is 14.4 Å². The molecule has 0 bridgehead atoms. The number of ether oxygens (including phenoxy) is 1. The molecule has 0 saturated carbocycles. The number of hydrogen-bond donors (Lipinski definition) is 2. The first-order valence-corrected chi connectivity index (χ1v) is 11.9. The standard InChI is InChI=1S/C26H25N3O5S/c1-15(2)23(29-24(31)20-5-4-12-33-20)26(32)34-14-22(30)27-18-9-7-17(8-10-18)25-28-19-11-6-16(3)13-21(19)35-25/h4-13,15,23H,14H2,1-3H3,(H,27,30)(H,29,31). The maximum absolute atomic E-state index is 12.5. The highest BCUT2D eigenvalue weighted by Crippen LogP contribution is 2.31. The lowest BCUT2D eigenvalue weighted by molar-refractivity contribution is -0.150. The average Bonchev–Trinajstić information content (AvgIpc) is 3.51. The molecule has 8 nitrogen and oxygen atoms in total. The first-order valence-electron chi connectivity index (χ1n) is 11.1. The lowest BCUT2D eigenvalue weighted by Gasteiger charge is -2.20. The van der Waals surface area contributed by atoms with Crippen LogP contribution in [0.5, 0.6) is 0 Å². The predicted octanol–water partition coefficient (Wildman–Crippen LogP) is 4.80. The summed E-state index contributed by atoms with van der Waals surface area (Å²) in [6.07, 6.45) is 1.37. The van der Waals surface area contributed by atoms with E-state index in [4.69, 9.17) is 9.15 Å². The highest BCUT2D eigenvalue weighted by molar-refractivity contribution is 7.21. The fourth-order valence-electron chi connectivity index (χ4n) is 3.39. The molecule has 2 N–H and O–H groups in total. The van der Waals surface area contributed by atoms with Crippen molar-refractivity contribution < 1.29 is 23.5 Å². The second-order valence-corrected chi connectivity index (χ2v) is 9.43. The molecule has 0 aliphatic rings. The molecule has 0 aliphatic carbocycles. The summed E-state index contributed by atoms with van der Waals surface area (Å²) in [5.74, 6) is -1.87. The molecule has 180 valence electrons. The van der Waals surface area contributed by atoms with Crippen LogP contribution in [0, 0.1) is 12.8 Å². The summed E-state index contributed by atoms with van der Waals surface area (Å²) in [6, 6.07) is 15.6. The zero-order chi connectivity index (χ0) is 24.9. The minimum absolute atomic E-state index is 0.0885. The van der Waals surface area contributed by atoms with Gasteiger partial charge in [0.25, 0.3) is 11.8 Å². The molecule has 0 radical (unpaired) electrons. The van der Waals surface area contributed by atoms with Gasteiger partial charge in [-0.1, -0.05) is 19.9 Å². The van der Waals surface area contributed by atoms with Crippen molar-refractivity contribution in [2.24, 2.45) is 5.92 Å². The van der Waals surface area contributed by atoms with Crippen molar-refractivity contribution in [3.8, 4) is 10.6 Å². The summed E-state index contributed by atoms with van der Waals surface area (Å²) >= 11 is 1.61. The zero-order valence-electron chi connectivity index (χ0n) is 19.5. The molecule has 2 aromatic carbocycles. The summed E-state index contributed by atoms with van der Waals surface area (Å²) in [7, 11) is 0. The quantitative estimate of drug-likeness (QED) is 0.343. The number of anilines is 1. The number of benzene rings is 2. The van der Waals surface area contributed by atoms with Crippen LogP contribution >= 0.6 is 11.3 Å². The van der Waals surface area contributed by atoms with E-state index in [2.05, 4.69) is 21.7 Å². The Morgan fingerprint density at radius 2 is 1.86 bits per heavy atom. The summed E-state index contributed by atoms with van der Waals surface area (Å²) in [4.78, 5) is 41.7. The number of nitrogens with one attached hydrogen (secondary N) is 2. The molecule has 0 fully saturated rings. The summed E-state index contributed by atoms with van der Waals surface area (Å²) in [5, 5.41) is 6.19.